The molecular formula is C31H46NO4+. The van der Waals surface area contributed by atoms with Crippen molar-refractivity contribution in [2.45, 2.75) is 108 Å². The molecule has 8 atom stereocenters. The van der Waals surface area contributed by atoms with Crippen LogP contribution in [-0.2, 0) is 16.6 Å². The van der Waals surface area contributed by atoms with Crippen LogP contribution in [-0.4, -0.2) is 65.3 Å². The first-order valence-electron chi connectivity index (χ1n) is 14.5. The predicted octanol–water partition coefficient (Wildman–Crippen LogP) is 4.95. The Bertz CT molecular complexity index is 1120. The standard InChI is InChI=1S/C31H45NO4/c1-27(2,3)28(4,34)22-17-29-13-14-31(22,35-6)26-30(29)12-7-15-32(5,18-19-8-9-19)23(29)16-20-10-11-21(33)25(36-26)24(20)30/h10-11,19,22-23,26,34H,7-9,12-18H2,1-6H3/p+1/t22-,23-,26-,28?,29-,30+,31-,32?/m1/s1. The van der Waals surface area contributed by atoms with Gasteiger partial charge in [-0.05, 0) is 68.9 Å². The molecule has 2 unspecified atom stereocenters. The van der Waals surface area contributed by atoms with Crippen LogP contribution in [0.3, 0.4) is 0 Å². The Labute approximate surface area is 216 Å². The molecule has 1 aromatic rings. The number of quaternary nitrogens is 1. The maximum atomic E-state index is 12.3. The van der Waals surface area contributed by atoms with Gasteiger partial charge in [-0.2, -0.15) is 0 Å². The quantitative estimate of drug-likeness (QED) is 0.579. The Morgan fingerprint density at radius 1 is 1.14 bits per heavy atom. The lowest BCUT2D eigenvalue weighted by Crippen LogP contribution is -2.82. The van der Waals surface area contributed by atoms with Crippen LogP contribution in [0.15, 0.2) is 12.1 Å². The van der Waals surface area contributed by atoms with Gasteiger partial charge < -0.3 is 24.2 Å². The maximum absolute atomic E-state index is 12.3. The minimum Gasteiger partial charge on any atom is -0.504 e. The summed E-state index contributed by atoms with van der Waals surface area (Å²) in [5.41, 5.74) is 0.783. The molecule has 2 N–H and O–H groups in total. The molecule has 1 aromatic carbocycles. The summed E-state index contributed by atoms with van der Waals surface area (Å²) < 4.78 is 14.8. The molecular weight excluding hydrogens is 450 g/mol. The first-order chi connectivity index (χ1) is 16.9. The number of phenols is 1. The number of aliphatic hydroxyl groups is 1. The van der Waals surface area contributed by atoms with E-state index in [1.165, 1.54) is 43.5 Å². The second kappa shape index (κ2) is 6.82. The van der Waals surface area contributed by atoms with E-state index in [-0.39, 0.29) is 34.0 Å². The van der Waals surface area contributed by atoms with Crippen LogP contribution in [0, 0.1) is 22.7 Å². The number of hydrogen-bond acceptors (Lipinski definition) is 4. The van der Waals surface area contributed by atoms with Crippen LogP contribution in [0.2, 0.25) is 0 Å². The fourth-order valence-electron chi connectivity index (χ4n) is 10.6. The highest BCUT2D eigenvalue weighted by Crippen LogP contribution is 2.78. The van der Waals surface area contributed by atoms with E-state index in [1.807, 2.05) is 13.2 Å². The number of phenolic OH excluding ortho intramolecular Hbond substituents is 1. The zero-order chi connectivity index (χ0) is 25.5. The van der Waals surface area contributed by atoms with Gasteiger partial charge in [-0.1, -0.05) is 26.8 Å². The van der Waals surface area contributed by atoms with Gasteiger partial charge in [-0.3, -0.25) is 0 Å². The number of hydrogen-bond donors (Lipinski definition) is 2. The number of likely N-dealkylation sites (N-methyl/N-ethyl adjacent to an activating group) is 1. The number of benzene rings is 1. The number of nitrogens with zero attached hydrogens (tertiary/aromatic N) is 1. The number of rotatable bonds is 4. The van der Waals surface area contributed by atoms with Crippen LogP contribution in [0.1, 0.15) is 83.8 Å². The van der Waals surface area contributed by atoms with Crippen molar-refractivity contribution in [1.29, 1.82) is 0 Å². The molecule has 5 fully saturated rings. The molecule has 0 amide bonds. The van der Waals surface area contributed by atoms with Gasteiger partial charge in [0.25, 0.3) is 0 Å². The van der Waals surface area contributed by atoms with Crippen LogP contribution in [0.4, 0.5) is 0 Å². The number of fused-ring (bicyclic) bond motifs is 2. The summed E-state index contributed by atoms with van der Waals surface area (Å²) >= 11 is 0. The van der Waals surface area contributed by atoms with E-state index in [1.54, 1.807) is 0 Å². The van der Waals surface area contributed by atoms with Crippen molar-refractivity contribution in [3.8, 4) is 11.5 Å². The van der Waals surface area contributed by atoms with Gasteiger partial charge in [0.1, 0.15) is 11.7 Å². The molecule has 4 saturated carbocycles. The summed E-state index contributed by atoms with van der Waals surface area (Å²) in [7, 11) is 4.40. The molecule has 0 radical (unpaired) electrons. The van der Waals surface area contributed by atoms with Crippen molar-refractivity contribution in [2.24, 2.45) is 22.7 Å². The highest BCUT2D eigenvalue weighted by atomic mass is 16.6. The normalized spacial score (nSPS) is 46.0. The van der Waals surface area contributed by atoms with E-state index in [4.69, 9.17) is 9.47 Å². The van der Waals surface area contributed by atoms with E-state index in [0.717, 1.165) is 48.3 Å². The van der Waals surface area contributed by atoms with Gasteiger partial charge in [0.15, 0.2) is 11.5 Å². The predicted molar refractivity (Wildman–Crippen MR) is 139 cm³/mol. The molecule has 5 aliphatic carbocycles. The fraction of sp³-hybridized carbons (Fsp3) is 0.806. The first-order valence-corrected chi connectivity index (χ1v) is 14.5. The Morgan fingerprint density at radius 3 is 2.56 bits per heavy atom. The van der Waals surface area contributed by atoms with Crippen molar-refractivity contribution in [1.82, 2.24) is 0 Å². The molecule has 8 rings (SSSR count). The van der Waals surface area contributed by atoms with Gasteiger partial charge in [0.2, 0.25) is 0 Å². The average Bonchev–Trinajstić information content (AvgIpc) is 3.55. The molecule has 4 bridgehead atoms. The third-order valence-corrected chi connectivity index (χ3v) is 12.8. The topological polar surface area (TPSA) is 58.9 Å². The summed E-state index contributed by atoms with van der Waals surface area (Å²) in [4.78, 5) is 0. The highest BCUT2D eigenvalue weighted by Gasteiger charge is 2.83. The van der Waals surface area contributed by atoms with Crippen molar-refractivity contribution in [2.75, 3.05) is 27.2 Å². The van der Waals surface area contributed by atoms with Gasteiger partial charge in [0.05, 0.1) is 37.2 Å². The second-order valence-electron chi connectivity index (χ2n) is 15.0. The number of methoxy groups -OCH3 is 1. The molecule has 5 nitrogen and oxygen atoms in total. The van der Waals surface area contributed by atoms with E-state index < -0.39 is 11.2 Å². The van der Waals surface area contributed by atoms with Crippen LogP contribution < -0.4 is 4.74 Å². The molecule has 2 heterocycles. The summed E-state index contributed by atoms with van der Waals surface area (Å²) in [5.74, 6) is 1.83. The third kappa shape index (κ3) is 2.50. The highest BCUT2D eigenvalue weighted by molar-refractivity contribution is 5.62. The minimum absolute atomic E-state index is 0.0318. The van der Waals surface area contributed by atoms with Crippen LogP contribution >= 0.6 is 0 Å². The lowest BCUT2D eigenvalue weighted by Gasteiger charge is -2.72. The molecule has 7 aliphatic rings. The van der Waals surface area contributed by atoms with E-state index in [9.17, 15) is 10.2 Å². The van der Waals surface area contributed by atoms with Crippen molar-refractivity contribution in [3.05, 3.63) is 23.3 Å². The first kappa shape index (κ1) is 23.8. The summed E-state index contributed by atoms with van der Waals surface area (Å²) in [6.07, 6.45) is 8.92. The largest absolute Gasteiger partial charge is 0.504 e. The maximum Gasteiger partial charge on any atom is 0.165 e. The number of ether oxygens (including phenoxy) is 2. The summed E-state index contributed by atoms with van der Waals surface area (Å²) in [6, 6.07) is 4.56. The molecule has 2 aliphatic heterocycles. The Morgan fingerprint density at radius 2 is 1.89 bits per heavy atom. The smallest absolute Gasteiger partial charge is 0.165 e. The molecule has 36 heavy (non-hydrogen) atoms. The van der Waals surface area contributed by atoms with Crippen molar-refractivity contribution in [3.63, 3.8) is 0 Å². The Kier molecular flexibility index (Phi) is 4.51. The zero-order valence-electron chi connectivity index (χ0n) is 23.2. The van der Waals surface area contributed by atoms with Crippen LogP contribution in [0.5, 0.6) is 11.5 Å². The molecule has 5 heteroatoms. The molecule has 198 valence electrons. The lowest BCUT2D eigenvalue weighted by molar-refractivity contribution is -0.942. The lowest BCUT2D eigenvalue weighted by atomic mass is 9.34. The molecule has 0 aromatic heterocycles. The van der Waals surface area contributed by atoms with E-state index in [2.05, 4.69) is 40.8 Å². The monoisotopic (exact) mass is 496 g/mol. The summed E-state index contributed by atoms with van der Waals surface area (Å²) in [6.45, 7) is 11.1. The van der Waals surface area contributed by atoms with Crippen molar-refractivity contribution >= 4 is 0 Å². The van der Waals surface area contributed by atoms with Gasteiger partial charge in [-0.15, -0.1) is 0 Å². The van der Waals surface area contributed by atoms with Gasteiger partial charge >= 0.3 is 0 Å². The Balaban J connectivity index is 1.51. The Hall–Kier alpha value is -1.30. The van der Waals surface area contributed by atoms with Gasteiger partial charge in [-0.25, -0.2) is 0 Å². The fourth-order valence-corrected chi connectivity index (χ4v) is 10.6. The van der Waals surface area contributed by atoms with Crippen molar-refractivity contribution < 1.29 is 24.2 Å². The molecule has 2 spiro atoms. The van der Waals surface area contributed by atoms with E-state index in [0.29, 0.717) is 6.04 Å². The zero-order valence-corrected chi connectivity index (χ0v) is 23.2. The number of likely N-dealkylation sites (tertiary alicyclic amines) is 1. The molecule has 1 saturated heterocycles. The second-order valence-corrected chi connectivity index (χ2v) is 15.0. The minimum atomic E-state index is -0.915. The van der Waals surface area contributed by atoms with Crippen LogP contribution in [0.25, 0.3) is 0 Å². The SMILES string of the molecule is CO[C@]12CC[C@@]3(C[C@@H]1C(C)(O)C(C)(C)C)[C@H]1Cc4ccc(O)c5c4[C@@]3(CCC[N+]1(C)CC1CC1)[C@H]2O5. The third-order valence-electron chi connectivity index (χ3n) is 12.8. The van der Waals surface area contributed by atoms with E-state index >= 15 is 0 Å². The van der Waals surface area contributed by atoms with Gasteiger partial charge in [0, 0.05) is 36.3 Å². The average molecular weight is 497 g/mol. The summed E-state index contributed by atoms with van der Waals surface area (Å²) in [5, 5.41) is 23.4. The number of aromatic hydroxyl groups is 1.